The normalized spacial score (nSPS) is 12.7. The summed E-state index contributed by atoms with van der Waals surface area (Å²) in [5, 5.41) is 4.27. The third-order valence-electron chi connectivity index (χ3n) is 2.66. The second-order valence-electron chi connectivity index (χ2n) is 4.00. The predicted molar refractivity (Wildman–Crippen MR) is 69.3 cm³/mol. The summed E-state index contributed by atoms with van der Waals surface area (Å²) in [6, 6.07) is 6.38. The van der Waals surface area contributed by atoms with E-state index in [-0.39, 0.29) is 11.9 Å². The molecule has 2 rings (SSSR count). The van der Waals surface area contributed by atoms with Crippen molar-refractivity contribution in [1.82, 2.24) is 9.78 Å². The van der Waals surface area contributed by atoms with Gasteiger partial charge in [0.2, 0.25) is 0 Å². The summed E-state index contributed by atoms with van der Waals surface area (Å²) in [5.41, 5.74) is 7.22. The van der Waals surface area contributed by atoms with Gasteiger partial charge in [0.25, 0.3) is 0 Å². The average molecular weight is 298 g/mol. The Morgan fingerprint density at radius 2 is 2.12 bits per heavy atom. The van der Waals surface area contributed by atoms with Gasteiger partial charge in [0.1, 0.15) is 11.6 Å². The standard InChI is InChI=1S/C12H13BrFN3/c1-7-5-12(15)17(16-7)8(2)10-6-9(13)3-4-11(10)14/h3-6,8H,15H2,1-2H3. The number of aryl methyl sites for hydroxylation is 1. The number of hydrogen-bond acceptors (Lipinski definition) is 2. The molecular formula is C12H13BrFN3. The molecule has 90 valence electrons. The lowest BCUT2D eigenvalue weighted by atomic mass is 10.1. The van der Waals surface area contributed by atoms with Gasteiger partial charge in [-0.1, -0.05) is 15.9 Å². The summed E-state index contributed by atoms with van der Waals surface area (Å²) >= 11 is 3.33. The lowest BCUT2D eigenvalue weighted by Gasteiger charge is -2.15. The van der Waals surface area contributed by atoms with E-state index in [1.165, 1.54) is 6.07 Å². The topological polar surface area (TPSA) is 43.8 Å². The van der Waals surface area contributed by atoms with Crippen LogP contribution >= 0.6 is 15.9 Å². The fourth-order valence-corrected chi connectivity index (χ4v) is 2.19. The van der Waals surface area contributed by atoms with Crippen molar-refractivity contribution in [2.45, 2.75) is 19.9 Å². The van der Waals surface area contributed by atoms with Crippen LogP contribution in [0, 0.1) is 12.7 Å². The fraction of sp³-hybridized carbons (Fsp3) is 0.250. The van der Waals surface area contributed by atoms with Crippen LogP contribution in [0.15, 0.2) is 28.7 Å². The van der Waals surface area contributed by atoms with Crippen LogP contribution in [0.2, 0.25) is 0 Å². The number of benzene rings is 1. The largest absolute Gasteiger partial charge is 0.384 e. The van der Waals surface area contributed by atoms with E-state index in [2.05, 4.69) is 21.0 Å². The molecule has 1 aromatic heterocycles. The van der Waals surface area contributed by atoms with Gasteiger partial charge in [0.05, 0.1) is 11.7 Å². The molecule has 5 heteroatoms. The number of nitrogen functional groups attached to an aromatic ring is 1. The Hall–Kier alpha value is -1.36. The first-order valence-electron chi connectivity index (χ1n) is 5.25. The molecule has 3 nitrogen and oxygen atoms in total. The van der Waals surface area contributed by atoms with E-state index < -0.39 is 0 Å². The molecule has 1 aromatic carbocycles. The summed E-state index contributed by atoms with van der Waals surface area (Å²) in [6.45, 7) is 3.73. The van der Waals surface area contributed by atoms with Gasteiger partial charge in [-0.15, -0.1) is 0 Å². The smallest absolute Gasteiger partial charge is 0.128 e. The highest BCUT2D eigenvalue weighted by atomic mass is 79.9. The Balaban J connectivity index is 2.46. The molecule has 2 aromatic rings. The molecule has 1 atom stereocenters. The van der Waals surface area contributed by atoms with Gasteiger partial charge < -0.3 is 5.73 Å². The number of nitrogens with zero attached hydrogens (tertiary/aromatic N) is 2. The summed E-state index contributed by atoms with van der Waals surface area (Å²) < 4.78 is 16.2. The van der Waals surface area contributed by atoms with Crippen LogP contribution in [-0.2, 0) is 0 Å². The predicted octanol–water partition coefficient (Wildman–Crippen LogP) is 3.28. The highest BCUT2D eigenvalue weighted by Crippen LogP contribution is 2.26. The molecule has 1 unspecified atom stereocenters. The van der Waals surface area contributed by atoms with E-state index in [1.807, 2.05) is 13.8 Å². The minimum atomic E-state index is -0.256. The van der Waals surface area contributed by atoms with Crippen LogP contribution in [0.3, 0.4) is 0 Å². The molecule has 0 radical (unpaired) electrons. The van der Waals surface area contributed by atoms with Crippen LogP contribution in [0.4, 0.5) is 10.2 Å². The van der Waals surface area contributed by atoms with E-state index in [4.69, 9.17) is 5.73 Å². The monoisotopic (exact) mass is 297 g/mol. The Morgan fingerprint density at radius 3 is 2.71 bits per heavy atom. The van der Waals surface area contributed by atoms with Gasteiger partial charge in [-0.2, -0.15) is 5.10 Å². The summed E-state index contributed by atoms with van der Waals surface area (Å²) in [7, 11) is 0. The zero-order chi connectivity index (χ0) is 12.6. The maximum atomic E-state index is 13.7. The Kier molecular flexibility index (Phi) is 3.19. The third kappa shape index (κ3) is 2.34. The summed E-state index contributed by atoms with van der Waals surface area (Å²) in [6.07, 6.45) is 0. The fourth-order valence-electron chi connectivity index (χ4n) is 1.81. The lowest BCUT2D eigenvalue weighted by Crippen LogP contribution is -2.13. The van der Waals surface area contributed by atoms with Gasteiger partial charge in [-0.3, -0.25) is 0 Å². The van der Waals surface area contributed by atoms with Crippen LogP contribution in [-0.4, -0.2) is 9.78 Å². The summed E-state index contributed by atoms with van der Waals surface area (Å²) in [5.74, 6) is 0.280. The Bertz CT molecular complexity index is 551. The zero-order valence-corrected chi connectivity index (χ0v) is 11.2. The SMILES string of the molecule is Cc1cc(N)n(C(C)c2cc(Br)ccc2F)n1. The van der Waals surface area contributed by atoms with Crippen molar-refractivity contribution >= 4 is 21.7 Å². The van der Waals surface area contributed by atoms with Crippen molar-refractivity contribution < 1.29 is 4.39 Å². The van der Waals surface area contributed by atoms with Crippen molar-refractivity contribution in [2.24, 2.45) is 0 Å². The van der Waals surface area contributed by atoms with Gasteiger partial charge in [0.15, 0.2) is 0 Å². The highest BCUT2D eigenvalue weighted by molar-refractivity contribution is 9.10. The minimum Gasteiger partial charge on any atom is -0.384 e. The molecule has 2 N–H and O–H groups in total. The maximum Gasteiger partial charge on any atom is 0.128 e. The molecule has 0 aliphatic heterocycles. The first-order chi connectivity index (χ1) is 7.99. The molecular weight excluding hydrogens is 285 g/mol. The second kappa shape index (κ2) is 4.49. The number of aromatic nitrogens is 2. The van der Waals surface area contributed by atoms with Crippen LogP contribution in [0.5, 0.6) is 0 Å². The number of rotatable bonds is 2. The highest BCUT2D eigenvalue weighted by Gasteiger charge is 2.16. The number of hydrogen-bond donors (Lipinski definition) is 1. The number of anilines is 1. The van der Waals surface area contributed by atoms with Crippen molar-refractivity contribution in [3.8, 4) is 0 Å². The van der Waals surface area contributed by atoms with Gasteiger partial charge >= 0.3 is 0 Å². The quantitative estimate of drug-likeness (QED) is 0.924. The zero-order valence-electron chi connectivity index (χ0n) is 9.61. The third-order valence-corrected chi connectivity index (χ3v) is 3.16. The molecule has 0 fully saturated rings. The first-order valence-corrected chi connectivity index (χ1v) is 6.05. The van der Waals surface area contributed by atoms with Gasteiger partial charge in [0, 0.05) is 16.1 Å². The summed E-state index contributed by atoms with van der Waals surface area (Å²) in [4.78, 5) is 0. The molecule has 1 heterocycles. The van der Waals surface area contributed by atoms with E-state index in [0.29, 0.717) is 11.4 Å². The van der Waals surface area contributed by atoms with E-state index in [9.17, 15) is 4.39 Å². The number of halogens is 2. The van der Waals surface area contributed by atoms with E-state index in [0.717, 1.165) is 10.2 Å². The lowest BCUT2D eigenvalue weighted by molar-refractivity contribution is 0.524. The van der Waals surface area contributed by atoms with Crippen molar-refractivity contribution in [3.63, 3.8) is 0 Å². The molecule has 0 aliphatic rings. The molecule has 0 spiro atoms. The van der Waals surface area contributed by atoms with E-state index in [1.54, 1.807) is 22.9 Å². The molecule has 0 bridgehead atoms. The van der Waals surface area contributed by atoms with Crippen LogP contribution in [0.25, 0.3) is 0 Å². The first kappa shape index (κ1) is 12.1. The molecule has 17 heavy (non-hydrogen) atoms. The van der Waals surface area contributed by atoms with Gasteiger partial charge in [-0.25, -0.2) is 9.07 Å². The molecule has 0 saturated carbocycles. The van der Waals surface area contributed by atoms with E-state index >= 15 is 0 Å². The van der Waals surface area contributed by atoms with Crippen molar-refractivity contribution in [1.29, 1.82) is 0 Å². The molecule has 0 amide bonds. The second-order valence-corrected chi connectivity index (χ2v) is 4.91. The van der Waals surface area contributed by atoms with Crippen molar-refractivity contribution in [2.75, 3.05) is 5.73 Å². The molecule has 0 saturated heterocycles. The maximum absolute atomic E-state index is 13.7. The average Bonchev–Trinajstić information content (AvgIpc) is 2.60. The minimum absolute atomic E-state index is 0.235. The number of nitrogens with two attached hydrogens (primary N) is 1. The van der Waals surface area contributed by atoms with Crippen molar-refractivity contribution in [3.05, 3.63) is 45.8 Å². The van der Waals surface area contributed by atoms with Gasteiger partial charge in [-0.05, 0) is 32.0 Å². The Labute approximate surface area is 108 Å². The van der Waals surface area contributed by atoms with Crippen LogP contribution in [0.1, 0.15) is 24.2 Å². The van der Waals surface area contributed by atoms with Crippen LogP contribution < -0.4 is 5.73 Å². The Morgan fingerprint density at radius 1 is 1.41 bits per heavy atom. The molecule has 0 aliphatic carbocycles.